The van der Waals surface area contributed by atoms with Gasteiger partial charge < -0.3 is 5.73 Å². The number of nitrogens with zero attached hydrogens (tertiary/aromatic N) is 4. The molecular weight excluding hydrogens is 433 g/mol. The maximum atomic E-state index is 14.4. The fraction of sp³-hybridized carbons (Fsp3) is 0.238. The van der Waals surface area contributed by atoms with Gasteiger partial charge >= 0.3 is 6.18 Å². The van der Waals surface area contributed by atoms with Gasteiger partial charge in [-0.15, -0.1) is 0 Å². The quantitative estimate of drug-likeness (QED) is 0.617. The minimum atomic E-state index is -4.67. The second-order valence-electron chi connectivity index (χ2n) is 7.27. The van der Waals surface area contributed by atoms with E-state index in [-0.39, 0.29) is 35.6 Å². The normalized spacial score (nSPS) is 14.3. The summed E-state index contributed by atoms with van der Waals surface area (Å²) in [5, 5.41) is 0. The van der Waals surface area contributed by atoms with Gasteiger partial charge in [-0.05, 0) is 41.8 Å². The van der Waals surface area contributed by atoms with Crippen molar-refractivity contribution in [3.8, 4) is 11.1 Å². The molecule has 1 aromatic carbocycles. The molecule has 0 atom stereocenters. The predicted molar refractivity (Wildman–Crippen MR) is 103 cm³/mol. The Morgan fingerprint density at radius 1 is 1.12 bits per heavy atom. The number of primary amides is 1. The molecule has 2 N–H and O–H groups in total. The van der Waals surface area contributed by atoms with Gasteiger partial charge in [-0.25, -0.2) is 23.7 Å². The zero-order chi connectivity index (χ0) is 23.0. The summed E-state index contributed by atoms with van der Waals surface area (Å²) >= 11 is 0. The fourth-order valence-electron chi connectivity index (χ4n) is 3.68. The van der Waals surface area contributed by atoms with Crippen LogP contribution in [0, 0.1) is 11.6 Å². The molecule has 11 heteroatoms. The number of amides is 1. The summed E-state index contributed by atoms with van der Waals surface area (Å²) in [6.07, 6.45) is -3.32. The van der Waals surface area contributed by atoms with E-state index in [9.17, 15) is 26.7 Å². The summed E-state index contributed by atoms with van der Waals surface area (Å²) in [6.45, 7) is 0.570. The Hall–Kier alpha value is -3.47. The molecule has 0 saturated heterocycles. The summed E-state index contributed by atoms with van der Waals surface area (Å²) in [6, 6.07) is 6.08. The summed E-state index contributed by atoms with van der Waals surface area (Å²) in [7, 11) is 0. The Bertz CT molecular complexity index is 1180. The van der Waals surface area contributed by atoms with E-state index in [1.807, 2.05) is 0 Å². The Kier molecular flexibility index (Phi) is 5.59. The molecule has 4 rings (SSSR count). The maximum Gasteiger partial charge on any atom is 0.451 e. The van der Waals surface area contributed by atoms with E-state index in [4.69, 9.17) is 5.73 Å². The van der Waals surface area contributed by atoms with E-state index in [1.54, 1.807) is 4.90 Å². The molecule has 1 aliphatic heterocycles. The summed E-state index contributed by atoms with van der Waals surface area (Å²) in [5.41, 5.74) is 6.17. The van der Waals surface area contributed by atoms with E-state index >= 15 is 0 Å². The highest BCUT2D eigenvalue weighted by molar-refractivity contribution is 5.92. The highest BCUT2D eigenvalue weighted by Crippen LogP contribution is 2.34. The first kappa shape index (κ1) is 21.8. The molecule has 0 aliphatic carbocycles. The minimum Gasteiger partial charge on any atom is -0.364 e. The summed E-state index contributed by atoms with van der Waals surface area (Å²) < 4.78 is 67.5. The fourth-order valence-corrected chi connectivity index (χ4v) is 3.68. The molecule has 0 saturated carbocycles. The number of hydrogen-bond donors (Lipinski definition) is 1. The Morgan fingerprint density at radius 3 is 2.50 bits per heavy atom. The van der Waals surface area contributed by atoms with Gasteiger partial charge in [0.15, 0.2) is 0 Å². The second-order valence-corrected chi connectivity index (χ2v) is 7.27. The van der Waals surface area contributed by atoms with Crippen LogP contribution in [0.1, 0.15) is 33.3 Å². The SMILES string of the molecule is NC(=O)c1cc(-c2c(F)cccc2F)c2c(n1)CN(Cc1ccnc(C(F)(F)F)n1)CC2. The highest BCUT2D eigenvalue weighted by atomic mass is 19.4. The molecule has 6 nitrogen and oxygen atoms in total. The van der Waals surface area contributed by atoms with Crippen molar-refractivity contribution in [2.75, 3.05) is 6.54 Å². The number of pyridine rings is 1. The van der Waals surface area contributed by atoms with Crippen LogP contribution in [0.3, 0.4) is 0 Å². The second kappa shape index (κ2) is 8.23. The van der Waals surface area contributed by atoms with Gasteiger partial charge in [-0.3, -0.25) is 9.69 Å². The molecule has 0 radical (unpaired) electrons. The van der Waals surface area contributed by atoms with Crippen molar-refractivity contribution < 1.29 is 26.7 Å². The van der Waals surface area contributed by atoms with Crippen LogP contribution in [0.2, 0.25) is 0 Å². The third-order valence-corrected chi connectivity index (χ3v) is 5.10. The topological polar surface area (TPSA) is 85.0 Å². The van der Waals surface area contributed by atoms with Crippen LogP contribution >= 0.6 is 0 Å². The first-order valence-electron chi connectivity index (χ1n) is 9.52. The van der Waals surface area contributed by atoms with Crippen molar-refractivity contribution in [1.82, 2.24) is 19.9 Å². The molecule has 3 heterocycles. The van der Waals surface area contributed by atoms with Crippen molar-refractivity contribution in [1.29, 1.82) is 0 Å². The van der Waals surface area contributed by atoms with Crippen LogP contribution in [-0.4, -0.2) is 32.3 Å². The lowest BCUT2D eigenvalue weighted by molar-refractivity contribution is -0.145. The van der Waals surface area contributed by atoms with Gasteiger partial charge in [0.2, 0.25) is 5.82 Å². The van der Waals surface area contributed by atoms with Crippen molar-refractivity contribution >= 4 is 5.91 Å². The number of aromatic nitrogens is 3. The standard InChI is InChI=1S/C21H16F5N5O/c22-14-2-1-3-15(23)18(14)13-8-16(19(27)32)30-17-10-31(7-5-12(13)17)9-11-4-6-28-20(29-11)21(24,25)26/h1-4,6,8H,5,7,9-10H2,(H2,27,32). The molecule has 0 bridgehead atoms. The lowest BCUT2D eigenvalue weighted by atomic mass is 9.92. The Balaban J connectivity index is 1.69. The number of nitrogens with two attached hydrogens (primary N) is 1. The van der Waals surface area contributed by atoms with Gasteiger partial charge in [0.05, 0.1) is 17.0 Å². The Labute approximate surface area is 178 Å². The summed E-state index contributed by atoms with van der Waals surface area (Å²) in [5.74, 6) is -3.69. The molecule has 166 valence electrons. The van der Waals surface area contributed by atoms with Gasteiger partial charge in [-0.2, -0.15) is 13.2 Å². The van der Waals surface area contributed by atoms with E-state index in [2.05, 4.69) is 15.0 Å². The van der Waals surface area contributed by atoms with Crippen molar-refractivity contribution in [3.05, 3.63) is 76.6 Å². The molecule has 2 aromatic heterocycles. The first-order valence-corrected chi connectivity index (χ1v) is 9.52. The number of halogens is 5. The molecule has 32 heavy (non-hydrogen) atoms. The number of rotatable bonds is 4. The van der Waals surface area contributed by atoms with Crippen LogP contribution in [0.4, 0.5) is 22.0 Å². The molecule has 0 spiro atoms. The molecule has 3 aromatic rings. The number of fused-ring (bicyclic) bond motifs is 1. The number of carbonyl (C=O) groups is 1. The highest BCUT2D eigenvalue weighted by Gasteiger charge is 2.35. The van der Waals surface area contributed by atoms with E-state index in [0.717, 1.165) is 18.3 Å². The number of benzene rings is 1. The van der Waals surface area contributed by atoms with Gasteiger partial charge in [0.25, 0.3) is 5.91 Å². The maximum absolute atomic E-state index is 14.4. The van der Waals surface area contributed by atoms with Crippen molar-refractivity contribution in [3.63, 3.8) is 0 Å². The minimum absolute atomic E-state index is 0.0664. The van der Waals surface area contributed by atoms with Crippen molar-refractivity contribution in [2.24, 2.45) is 5.73 Å². The van der Waals surface area contributed by atoms with Crippen LogP contribution < -0.4 is 5.73 Å². The third-order valence-electron chi connectivity index (χ3n) is 5.10. The van der Waals surface area contributed by atoms with Crippen molar-refractivity contribution in [2.45, 2.75) is 25.7 Å². The molecular formula is C21H16F5N5O. The lowest BCUT2D eigenvalue weighted by Crippen LogP contribution is -2.32. The smallest absolute Gasteiger partial charge is 0.364 e. The van der Waals surface area contributed by atoms with Crippen LogP contribution in [-0.2, 0) is 25.7 Å². The van der Waals surface area contributed by atoms with E-state index in [0.29, 0.717) is 24.2 Å². The zero-order valence-electron chi connectivity index (χ0n) is 16.5. The first-order chi connectivity index (χ1) is 15.1. The molecule has 0 unspecified atom stereocenters. The number of alkyl halides is 3. The van der Waals surface area contributed by atoms with Crippen LogP contribution in [0.15, 0.2) is 36.5 Å². The number of carbonyl (C=O) groups excluding carboxylic acids is 1. The van der Waals surface area contributed by atoms with Crippen LogP contribution in [0.25, 0.3) is 11.1 Å². The average molecular weight is 449 g/mol. The molecule has 0 fully saturated rings. The van der Waals surface area contributed by atoms with Gasteiger partial charge in [0.1, 0.15) is 17.3 Å². The average Bonchev–Trinajstić information content (AvgIpc) is 2.72. The van der Waals surface area contributed by atoms with Gasteiger partial charge in [0, 0.05) is 25.8 Å². The van der Waals surface area contributed by atoms with E-state index in [1.165, 1.54) is 18.2 Å². The van der Waals surface area contributed by atoms with Gasteiger partial charge in [-0.1, -0.05) is 6.07 Å². The monoisotopic (exact) mass is 449 g/mol. The summed E-state index contributed by atoms with van der Waals surface area (Å²) in [4.78, 5) is 24.6. The van der Waals surface area contributed by atoms with E-state index < -0.39 is 29.5 Å². The predicted octanol–water partition coefficient (Wildman–Crippen LogP) is 3.49. The zero-order valence-corrected chi connectivity index (χ0v) is 16.5. The largest absolute Gasteiger partial charge is 0.451 e. The van der Waals surface area contributed by atoms with Crippen LogP contribution in [0.5, 0.6) is 0 Å². The molecule has 1 amide bonds. The Morgan fingerprint density at radius 2 is 1.84 bits per heavy atom. The third kappa shape index (κ3) is 4.28. The number of hydrogen-bond acceptors (Lipinski definition) is 5. The molecule has 1 aliphatic rings. The lowest BCUT2D eigenvalue weighted by Gasteiger charge is -2.29.